The second kappa shape index (κ2) is 7.10. The van der Waals surface area contributed by atoms with Gasteiger partial charge in [-0.1, -0.05) is 18.2 Å². The van der Waals surface area contributed by atoms with E-state index >= 15 is 0 Å². The standard InChI is InChI=1S/C16H19NOS/c1-13-5-2-7-15(11-13)18-9-4-10-19-16-8-3-6-14(17)12-16/h2-3,5-8,11-12H,4,9-10,17H2,1H3. The second-order valence-electron chi connectivity index (χ2n) is 4.44. The van der Waals surface area contributed by atoms with Gasteiger partial charge in [0.05, 0.1) is 6.61 Å². The van der Waals surface area contributed by atoms with Gasteiger partial charge in [0.25, 0.3) is 0 Å². The Labute approximate surface area is 119 Å². The molecule has 0 unspecified atom stereocenters. The van der Waals surface area contributed by atoms with Crippen molar-refractivity contribution in [2.45, 2.75) is 18.2 Å². The van der Waals surface area contributed by atoms with Crippen LogP contribution < -0.4 is 10.5 Å². The molecule has 100 valence electrons. The third-order valence-corrected chi connectivity index (χ3v) is 3.75. The zero-order chi connectivity index (χ0) is 13.5. The summed E-state index contributed by atoms with van der Waals surface area (Å²) in [7, 11) is 0. The van der Waals surface area contributed by atoms with E-state index in [-0.39, 0.29) is 0 Å². The van der Waals surface area contributed by atoms with Crippen molar-refractivity contribution < 1.29 is 4.74 Å². The molecule has 0 aliphatic carbocycles. The first-order valence-corrected chi connectivity index (χ1v) is 7.40. The molecule has 0 heterocycles. The minimum absolute atomic E-state index is 0.749. The summed E-state index contributed by atoms with van der Waals surface area (Å²) in [5.41, 5.74) is 7.79. The van der Waals surface area contributed by atoms with Crippen molar-refractivity contribution in [2.24, 2.45) is 0 Å². The Kier molecular flexibility index (Phi) is 5.16. The van der Waals surface area contributed by atoms with Gasteiger partial charge in [-0.15, -0.1) is 11.8 Å². The van der Waals surface area contributed by atoms with Gasteiger partial charge in [0.2, 0.25) is 0 Å². The van der Waals surface area contributed by atoms with Gasteiger partial charge >= 0.3 is 0 Å². The van der Waals surface area contributed by atoms with Gasteiger partial charge in [-0.05, 0) is 49.2 Å². The number of nitrogens with two attached hydrogens (primary N) is 1. The maximum Gasteiger partial charge on any atom is 0.119 e. The normalized spacial score (nSPS) is 10.4. The molecule has 2 N–H and O–H groups in total. The van der Waals surface area contributed by atoms with Crippen LogP contribution in [0.25, 0.3) is 0 Å². The molecule has 0 fully saturated rings. The molecule has 0 aliphatic rings. The van der Waals surface area contributed by atoms with Crippen LogP contribution in [0.2, 0.25) is 0 Å². The SMILES string of the molecule is Cc1cccc(OCCCSc2cccc(N)c2)c1. The molecule has 0 bridgehead atoms. The fourth-order valence-electron chi connectivity index (χ4n) is 1.75. The molecule has 0 radical (unpaired) electrons. The minimum atomic E-state index is 0.749. The van der Waals surface area contributed by atoms with E-state index in [1.54, 1.807) is 0 Å². The molecule has 0 saturated carbocycles. The fourth-order valence-corrected chi connectivity index (χ4v) is 2.64. The Morgan fingerprint density at radius 2 is 1.95 bits per heavy atom. The first-order valence-electron chi connectivity index (χ1n) is 6.42. The average molecular weight is 273 g/mol. The molecule has 2 aromatic carbocycles. The molecule has 3 heteroatoms. The number of hydrogen-bond donors (Lipinski definition) is 1. The van der Waals surface area contributed by atoms with E-state index in [4.69, 9.17) is 10.5 Å². The van der Waals surface area contributed by atoms with Crippen molar-refractivity contribution in [3.05, 3.63) is 54.1 Å². The molecule has 0 aromatic heterocycles. The molecule has 0 atom stereocenters. The maximum absolute atomic E-state index is 5.74. The van der Waals surface area contributed by atoms with E-state index in [0.29, 0.717) is 0 Å². The number of benzene rings is 2. The highest BCUT2D eigenvalue weighted by molar-refractivity contribution is 7.99. The zero-order valence-corrected chi connectivity index (χ0v) is 12.0. The summed E-state index contributed by atoms with van der Waals surface area (Å²) in [5, 5.41) is 0. The summed E-state index contributed by atoms with van der Waals surface area (Å²) < 4.78 is 5.71. The summed E-state index contributed by atoms with van der Waals surface area (Å²) >= 11 is 1.81. The van der Waals surface area contributed by atoms with Gasteiger partial charge in [0.1, 0.15) is 5.75 Å². The maximum atomic E-state index is 5.74. The molecule has 2 aromatic rings. The average Bonchev–Trinajstić information content (AvgIpc) is 2.38. The monoisotopic (exact) mass is 273 g/mol. The van der Waals surface area contributed by atoms with Crippen LogP contribution in [-0.4, -0.2) is 12.4 Å². The van der Waals surface area contributed by atoms with Crippen molar-refractivity contribution >= 4 is 17.4 Å². The Morgan fingerprint density at radius 1 is 1.11 bits per heavy atom. The largest absolute Gasteiger partial charge is 0.494 e. The molecule has 2 rings (SSSR count). The predicted octanol–water partition coefficient (Wildman–Crippen LogP) is 4.14. The van der Waals surface area contributed by atoms with Crippen LogP contribution in [0.3, 0.4) is 0 Å². The number of nitrogen functional groups attached to an aromatic ring is 1. The third kappa shape index (κ3) is 4.87. The highest BCUT2D eigenvalue weighted by atomic mass is 32.2. The number of thioether (sulfide) groups is 1. The summed E-state index contributed by atoms with van der Waals surface area (Å²) in [6.07, 6.45) is 1.02. The molecule has 2 nitrogen and oxygen atoms in total. The van der Waals surface area contributed by atoms with Crippen molar-refractivity contribution in [2.75, 3.05) is 18.1 Å². The predicted molar refractivity (Wildman–Crippen MR) is 82.9 cm³/mol. The number of anilines is 1. The molecule has 0 saturated heterocycles. The molecule has 0 spiro atoms. The van der Waals surface area contributed by atoms with Crippen molar-refractivity contribution in [1.82, 2.24) is 0 Å². The zero-order valence-electron chi connectivity index (χ0n) is 11.1. The summed E-state index contributed by atoms with van der Waals surface area (Å²) in [6, 6.07) is 16.1. The summed E-state index contributed by atoms with van der Waals surface area (Å²) in [5.74, 6) is 1.99. The lowest BCUT2D eigenvalue weighted by Gasteiger charge is -2.07. The second-order valence-corrected chi connectivity index (χ2v) is 5.61. The van der Waals surface area contributed by atoms with Gasteiger partial charge in [0.15, 0.2) is 0 Å². The number of aryl methyl sites for hydroxylation is 1. The molecular weight excluding hydrogens is 254 g/mol. The Balaban J connectivity index is 1.67. The van der Waals surface area contributed by atoms with E-state index in [9.17, 15) is 0 Å². The van der Waals surface area contributed by atoms with Gasteiger partial charge < -0.3 is 10.5 Å². The number of ether oxygens (including phenoxy) is 1. The van der Waals surface area contributed by atoms with Crippen molar-refractivity contribution in [3.8, 4) is 5.75 Å². The fraction of sp³-hybridized carbons (Fsp3) is 0.250. The topological polar surface area (TPSA) is 35.2 Å². The van der Waals surface area contributed by atoms with Gasteiger partial charge in [-0.25, -0.2) is 0 Å². The van der Waals surface area contributed by atoms with Gasteiger partial charge in [-0.2, -0.15) is 0 Å². The van der Waals surface area contributed by atoms with Gasteiger partial charge in [0, 0.05) is 16.3 Å². The molecule has 0 aliphatic heterocycles. The van der Waals surface area contributed by atoms with Crippen molar-refractivity contribution in [3.63, 3.8) is 0 Å². The Bertz CT molecular complexity index is 480. The molecular formula is C16H19NOS. The first kappa shape index (κ1) is 13.8. The highest BCUT2D eigenvalue weighted by Gasteiger charge is 1.97. The summed E-state index contributed by atoms with van der Waals surface area (Å²) in [6.45, 7) is 2.82. The lowest BCUT2D eigenvalue weighted by atomic mass is 10.2. The number of hydrogen-bond acceptors (Lipinski definition) is 3. The Hall–Kier alpha value is -1.61. The van der Waals surface area contributed by atoms with E-state index in [1.165, 1.54) is 10.5 Å². The van der Waals surface area contributed by atoms with E-state index in [1.807, 2.05) is 42.1 Å². The van der Waals surface area contributed by atoms with Crippen LogP contribution in [0.4, 0.5) is 5.69 Å². The van der Waals surface area contributed by atoms with Crippen LogP contribution in [0.15, 0.2) is 53.4 Å². The quantitative estimate of drug-likeness (QED) is 0.488. The van der Waals surface area contributed by atoms with Crippen LogP contribution in [0, 0.1) is 6.92 Å². The molecule has 19 heavy (non-hydrogen) atoms. The first-order chi connectivity index (χ1) is 9.24. The lowest BCUT2D eigenvalue weighted by Crippen LogP contribution is -1.98. The van der Waals surface area contributed by atoms with Gasteiger partial charge in [-0.3, -0.25) is 0 Å². The van der Waals surface area contributed by atoms with Crippen LogP contribution in [-0.2, 0) is 0 Å². The third-order valence-electron chi connectivity index (χ3n) is 2.67. The van der Waals surface area contributed by atoms with Crippen LogP contribution in [0.1, 0.15) is 12.0 Å². The van der Waals surface area contributed by atoms with Crippen LogP contribution >= 0.6 is 11.8 Å². The number of rotatable bonds is 6. The van der Waals surface area contributed by atoms with Crippen LogP contribution in [0.5, 0.6) is 5.75 Å². The van der Waals surface area contributed by atoms with E-state index in [0.717, 1.165) is 30.2 Å². The molecule has 0 amide bonds. The Morgan fingerprint density at radius 3 is 2.74 bits per heavy atom. The summed E-state index contributed by atoms with van der Waals surface area (Å²) in [4.78, 5) is 1.22. The lowest BCUT2D eigenvalue weighted by molar-refractivity contribution is 0.318. The van der Waals surface area contributed by atoms with E-state index < -0.39 is 0 Å². The smallest absolute Gasteiger partial charge is 0.119 e. The van der Waals surface area contributed by atoms with Crippen molar-refractivity contribution in [1.29, 1.82) is 0 Å². The minimum Gasteiger partial charge on any atom is -0.494 e. The highest BCUT2D eigenvalue weighted by Crippen LogP contribution is 2.21. The van der Waals surface area contributed by atoms with E-state index in [2.05, 4.69) is 25.1 Å².